The van der Waals surface area contributed by atoms with E-state index in [2.05, 4.69) is 5.43 Å². The van der Waals surface area contributed by atoms with E-state index in [1.807, 2.05) is 48.5 Å². The van der Waals surface area contributed by atoms with Gasteiger partial charge in [0.2, 0.25) is 0 Å². The summed E-state index contributed by atoms with van der Waals surface area (Å²) in [6.45, 7) is 0.433. The minimum atomic E-state index is -0.0763. The molecule has 0 aliphatic carbocycles. The summed E-state index contributed by atoms with van der Waals surface area (Å²) < 4.78 is 5.68. The molecule has 0 spiro atoms. The zero-order valence-corrected chi connectivity index (χ0v) is 12.4. The SMILES string of the molecule is NNC(COc1ccccc1)Cc1c(Cl)cccc1Cl. The maximum Gasteiger partial charge on any atom is 0.119 e. The second-order valence-electron chi connectivity index (χ2n) is 4.39. The number of halogens is 2. The molecule has 0 aromatic heterocycles. The van der Waals surface area contributed by atoms with E-state index in [4.69, 9.17) is 33.8 Å². The number of para-hydroxylation sites is 1. The van der Waals surface area contributed by atoms with Gasteiger partial charge in [-0.05, 0) is 36.2 Å². The molecule has 0 amide bonds. The van der Waals surface area contributed by atoms with E-state index in [-0.39, 0.29) is 6.04 Å². The van der Waals surface area contributed by atoms with E-state index >= 15 is 0 Å². The summed E-state index contributed by atoms with van der Waals surface area (Å²) in [5.74, 6) is 6.37. The van der Waals surface area contributed by atoms with Crippen molar-refractivity contribution in [3.8, 4) is 5.75 Å². The fourth-order valence-electron chi connectivity index (χ4n) is 1.85. The quantitative estimate of drug-likeness (QED) is 0.634. The molecule has 3 N–H and O–H groups in total. The zero-order chi connectivity index (χ0) is 14.4. The number of rotatable bonds is 6. The summed E-state index contributed by atoms with van der Waals surface area (Å²) in [4.78, 5) is 0. The van der Waals surface area contributed by atoms with Crippen LogP contribution in [0, 0.1) is 0 Å². The van der Waals surface area contributed by atoms with Gasteiger partial charge in [-0.15, -0.1) is 0 Å². The number of nitrogens with two attached hydrogens (primary N) is 1. The fourth-order valence-corrected chi connectivity index (χ4v) is 2.40. The molecule has 0 bridgehead atoms. The van der Waals surface area contributed by atoms with E-state index in [0.717, 1.165) is 11.3 Å². The van der Waals surface area contributed by atoms with Gasteiger partial charge in [0.25, 0.3) is 0 Å². The van der Waals surface area contributed by atoms with Crippen molar-refractivity contribution in [1.29, 1.82) is 0 Å². The Kier molecular flexibility index (Phi) is 5.68. The molecular formula is C15H16Cl2N2O. The molecule has 106 valence electrons. The predicted octanol–water partition coefficient (Wildman–Crippen LogP) is 3.45. The molecule has 0 saturated heterocycles. The molecule has 0 saturated carbocycles. The monoisotopic (exact) mass is 310 g/mol. The molecular weight excluding hydrogens is 295 g/mol. The summed E-state index contributed by atoms with van der Waals surface area (Å²) in [7, 11) is 0. The lowest BCUT2D eigenvalue weighted by atomic mass is 10.1. The lowest BCUT2D eigenvalue weighted by molar-refractivity contribution is 0.264. The molecule has 20 heavy (non-hydrogen) atoms. The summed E-state index contributed by atoms with van der Waals surface area (Å²) in [5, 5.41) is 1.27. The number of nitrogens with one attached hydrogen (secondary N) is 1. The first-order valence-electron chi connectivity index (χ1n) is 6.27. The van der Waals surface area contributed by atoms with E-state index in [9.17, 15) is 0 Å². The Labute approximate surface area is 128 Å². The molecule has 0 radical (unpaired) electrons. The Morgan fingerprint density at radius 2 is 1.65 bits per heavy atom. The highest BCUT2D eigenvalue weighted by atomic mass is 35.5. The Morgan fingerprint density at radius 1 is 1.00 bits per heavy atom. The number of hydrogen-bond donors (Lipinski definition) is 2. The molecule has 0 aliphatic heterocycles. The Bertz CT molecular complexity index is 529. The van der Waals surface area contributed by atoms with Crippen LogP contribution in [0.5, 0.6) is 5.75 Å². The number of hydrazine groups is 1. The van der Waals surface area contributed by atoms with Gasteiger partial charge in [-0.3, -0.25) is 11.3 Å². The van der Waals surface area contributed by atoms with E-state index in [0.29, 0.717) is 23.1 Å². The molecule has 1 unspecified atom stereocenters. The maximum atomic E-state index is 6.15. The molecule has 1 atom stereocenters. The third kappa shape index (κ3) is 4.12. The first-order valence-corrected chi connectivity index (χ1v) is 7.03. The lowest BCUT2D eigenvalue weighted by Crippen LogP contribution is -2.41. The minimum absolute atomic E-state index is 0.0763. The smallest absolute Gasteiger partial charge is 0.119 e. The van der Waals surface area contributed by atoms with Crippen LogP contribution in [0.25, 0.3) is 0 Å². The normalized spacial score (nSPS) is 12.2. The number of hydrogen-bond acceptors (Lipinski definition) is 3. The third-order valence-electron chi connectivity index (χ3n) is 2.94. The lowest BCUT2D eigenvalue weighted by Gasteiger charge is -2.18. The molecule has 2 aromatic carbocycles. The van der Waals surface area contributed by atoms with Gasteiger partial charge in [0, 0.05) is 10.0 Å². The molecule has 2 aromatic rings. The Hall–Kier alpha value is -1.26. The first-order chi connectivity index (χ1) is 9.70. The summed E-state index contributed by atoms with van der Waals surface area (Å²) in [6.07, 6.45) is 0.599. The predicted molar refractivity (Wildman–Crippen MR) is 83.2 cm³/mol. The van der Waals surface area contributed by atoms with Crippen molar-refractivity contribution in [3.05, 3.63) is 64.1 Å². The minimum Gasteiger partial charge on any atom is -0.492 e. The molecule has 0 heterocycles. The van der Waals surface area contributed by atoms with Crippen molar-refractivity contribution < 1.29 is 4.74 Å². The summed E-state index contributed by atoms with van der Waals surface area (Å²) >= 11 is 12.3. The van der Waals surface area contributed by atoms with Crippen molar-refractivity contribution >= 4 is 23.2 Å². The van der Waals surface area contributed by atoms with Gasteiger partial charge in [0.1, 0.15) is 12.4 Å². The van der Waals surface area contributed by atoms with E-state index in [1.54, 1.807) is 0 Å². The number of ether oxygens (including phenoxy) is 1. The average molecular weight is 311 g/mol. The summed E-state index contributed by atoms with van der Waals surface area (Å²) in [5.41, 5.74) is 3.60. The first kappa shape index (κ1) is 15.1. The Balaban J connectivity index is 1.99. The van der Waals surface area contributed by atoms with E-state index < -0.39 is 0 Å². The summed E-state index contributed by atoms with van der Waals surface area (Å²) in [6, 6.07) is 15.0. The van der Waals surface area contributed by atoms with Gasteiger partial charge in [0.05, 0.1) is 6.04 Å². The van der Waals surface area contributed by atoms with Gasteiger partial charge in [-0.2, -0.15) is 0 Å². The molecule has 2 rings (SSSR count). The highest BCUT2D eigenvalue weighted by Crippen LogP contribution is 2.25. The van der Waals surface area contributed by atoms with Crippen molar-refractivity contribution in [3.63, 3.8) is 0 Å². The van der Waals surface area contributed by atoms with Crippen LogP contribution in [0.1, 0.15) is 5.56 Å². The second-order valence-corrected chi connectivity index (χ2v) is 5.21. The van der Waals surface area contributed by atoms with Crippen LogP contribution in [-0.4, -0.2) is 12.6 Å². The maximum absolute atomic E-state index is 6.15. The van der Waals surface area contributed by atoms with Crippen molar-refractivity contribution in [2.75, 3.05) is 6.61 Å². The van der Waals surface area contributed by atoms with Crippen LogP contribution >= 0.6 is 23.2 Å². The van der Waals surface area contributed by atoms with Crippen LogP contribution in [0.4, 0.5) is 0 Å². The molecule has 5 heteroatoms. The molecule has 0 aliphatic rings. The molecule has 0 fully saturated rings. The van der Waals surface area contributed by atoms with Gasteiger partial charge < -0.3 is 4.74 Å². The van der Waals surface area contributed by atoms with Gasteiger partial charge in [-0.1, -0.05) is 47.5 Å². The topological polar surface area (TPSA) is 47.3 Å². The average Bonchev–Trinajstić information content (AvgIpc) is 2.47. The number of benzene rings is 2. The van der Waals surface area contributed by atoms with Gasteiger partial charge in [0.15, 0.2) is 0 Å². The Morgan fingerprint density at radius 3 is 2.25 bits per heavy atom. The van der Waals surface area contributed by atoms with Crippen LogP contribution in [0.3, 0.4) is 0 Å². The van der Waals surface area contributed by atoms with Crippen LogP contribution < -0.4 is 16.0 Å². The third-order valence-corrected chi connectivity index (χ3v) is 3.65. The van der Waals surface area contributed by atoms with Crippen molar-refractivity contribution in [1.82, 2.24) is 5.43 Å². The highest BCUT2D eigenvalue weighted by Gasteiger charge is 2.13. The fraction of sp³-hybridized carbons (Fsp3) is 0.200. The van der Waals surface area contributed by atoms with Crippen molar-refractivity contribution in [2.45, 2.75) is 12.5 Å². The second kappa shape index (κ2) is 7.50. The van der Waals surface area contributed by atoms with Crippen LogP contribution in [0.2, 0.25) is 10.0 Å². The standard InChI is InChI=1S/C15H16Cl2N2O/c16-14-7-4-8-15(17)13(14)9-11(19-18)10-20-12-5-2-1-3-6-12/h1-8,11,19H,9-10,18H2. The highest BCUT2D eigenvalue weighted by molar-refractivity contribution is 6.36. The van der Waals surface area contributed by atoms with Crippen LogP contribution in [0.15, 0.2) is 48.5 Å². The molecule has 3 nitrogen and oxygen atoms in total. The largest absolute Gasteiger partial charge is 0.492 e. The van der Waals surface area contributed by atoms with E-state index in [1.165, 1.54) is 0 Å². The van der Waals surface area contributed by atoms with Gasteiger partial charge >= 0.3 is 0 Å². The van der Waals surface area contributed by atoms with Gasteiger partial charge in [-0.25, -0.2) is 0 Å². The van der Waals surface area contributed by atoms with Crippen LogP contribution in [-0.2, 0) is 6.42 Å². The van der Waals surface area contributed by atoms with Crippen molar-refractivity contribution in [2.24, 2.45) is 5.84 Å². The zero-order valence-electron chi connectivity index (χ0n) is 10.9.